The largest absolute Gasteiger partial charge is 0.310 e. The first-order chi connectivity index (χ1) is 11.1. The Morgan fingerprint density at radius 1 is 1.30 bits per heavy atom. The molecule has 0 radical (unpaired) electrons. The van der Waals surface area contributed by atoms with Crippen molar-refractivity contribution >= 4 is 0 Å². The summed E-state index contributed by atoms with van der Waals surface area (Å²) < 4.78 is 0. The Morgan fingerprint density at radius 3 is 2.91 bits per heavy atom. The van der Waals surface area contributed by atoms with E-state index >= 15 is 0 Å². The molecule has 2 heterocycles. The SMILES string of the molecule is Cc1ccc(C)c(CN2CCc3nc(C4CC4)[nH]c(=O)c3C2)c1. The van der Waals surface area contributed by atoms with Gasteiger partial charge < -0.3 is 4.98 Å². The van der Waals surface area contributed by atoms with Crippen molar-refractivity contribution in [1.29, 1.82) is 0 Å². The third-order valence-electron chi connectivity index (χ3n) is 5.03. The third kappa shape index (κ3) is 2.95. The third-order valence-corrected chi connectivity index (χ3v) is 5.03. The van der Waals surface area contributed by atoms with Crippen molar-refractivity contribution in [1.82, 2.24) is 14.9 Å². The lowest BCUT2D eigenvalue weighted by atomic mass is 10.0. The van der Waals surface area contributed by atoms with Crippen LogP contribution in [0.15, 0.2) is 23.0 Å². The van der Waals surface area contributed by atoms with Crippen LogP contribution in [0.4, 0.5) is 0 Å². The van der Waals surface area contributed by atoms with Crippen LogP contribution in [0.25, 0.3) is 0 Å². The zero-order valence-corrected chi connectivity index (χ0v) is 13.9. The van der Waals surface area contributed by atoms with Gasteiger partial charge in [-0.15, -0.1) is 0 Å². The second-order valence-corrected chi connectivity index (χ2v) is 7.04. The summed E-state index contributed by atoms with van der Waals surface area (Å²) in [5.74, 6) is 1.41. The maximum atomic E-state index is 12.4. The van der Waals surface area contributed by atoms with Gasteiger partial charge in [0.15, 0.2) is 0 Å². The van der Waals surface area contributed by atoms with Gasteiger partial charge in [-0.3, -0.25) is 9.69 Å². The highest BCUT2D eigenvalue weighted by atomic mass is 16.1. The number of benzene rings is 1. The number of fused-ring (bicyclic) bond motifs is 1. The first kappa shape index (κ1) is 14.6. The van der Waals surface area contributed by atoms with Crippen molar-refractivity contribution < 1.29 is 0 Å². The molecule has 0 amide bonds. The average molecular weight is 309 g/mol. The fourth-order valence-corrected chi connectivity index (χ4v) is 3.40. The van der Waals surface area contributed by atoms with E-state index in [9.17, 15) is 4.79 Å². The van der Waals surface area contributed by atoms with Crippen molar-refractivity contribution in [2.24, 2.45) is 0 Å². The van der Waals surface area contributed by atoms with E-state index in [2.05, 4.69) is 41.9 Å². The molecule has 1 aliphatic heterocycles. The zero-order chi connectivity index (χ0) is 16.0. The monoisotopic (exact) mass is 309 g/mol. The van der Waals surface area contributed by atoms with Crippen molar-refractivity contribution in [2.75, 3.05) is 6.54 Å². The topological polar surface area (TPSA) is 49.0 Å². The Balaban J connectivity index is 1.56. The van der Waals surface area contributed by atoms with Crippen molar-refractivity contribution in [3.8, 4) is 0 Å². The van der Waals surface area contributed by atoms with E-state index in [4.69, 9.17) is 4.98 Å². The first-order valence-electron chi connectivity index (χ1n) is 8.50. The predicted octanol–water partition coefficient (Wildman–Crippen LogP) is 2.82. The lowest BCUT2D eigenvalue weighted by Crippen LogP contribution is -2.35. The molecule has 4 nitrogen and oxygen atoms in total. The van der Waals surface area contributed by atoms with Gasteiger partial charge in [0, 0.05) is 32.0 Å². The smallest absolute Gasteiger partial charge is 0.255 e. The van der Waals surface area contributed by atoms with Gasteiger partial charge in [-0.2, -0.15) is 0 Å². The fourth-order valence-electron chi connectivity index (χ4n) is 3.40. The van der Waals surface area contributed by atoms with E-state index in [0.29, 0.717) is 12.5 Å². The molecule has 0 bridgehead atoms. The molecule has 2 aliphatic rings. The van der Waals surface area contributed by atoms with Gasteiger partial charge in [-0.05, 0) is 37.8 Å². The molecule has 2 aromatic rings. The molecule has 23 heavy (non-hydrogen) atoms. The molecule has 4 rings (SSSR count). The van der Waals surface area contributed by atoms with Gasteiger partial charge in [-0.25, -0.2) is 4.98 Å². The van der Waals surface area contributed by atoms with E-state index in [1.165, 1.54) is 29.5 Å². The minimum absolute atomic E-state index is 0.0718. The van der Waals surface area contributed by atoms with Gasteiger partial charge >= 0.3 is 0 Å². The molecule has 0 atom stereocenters. The highest BCUT2D eigenvalue weighted by Gasteiger charge is 2.29. The molecule has 1 aromatic carbocycles. The second-order valence-electron chi connectivity index (χ2n) is 7.04. The van der Waals surface area contributed by atoms with Gasteiger partial charge in [-0.1, -0.05) is 23.8 Å². The van der Waals surface area contributed by atoms with E-state index in [1.807, 2.05) is 0 Å². The summed E-state index contributed by atoms with van der Waals surface area (Å²) in [5, 5.41) is 0. The Labute approximate surface area is 136 Å². The van der Waals surface area contributed by atoms with Crippen LogP contribution in [-0.4, -0.2) is 21.4 Å². The molecule has 1 saturated carbocycles. The highest BCUT2D eigenvalue weighted by Crippen LogP contribution is 2.37. The molecule has 0 saturated heterocycles. The quantitative estimate of drug-likeness (QED) is 0.948. The van der Waals surface area contributed by atoms with Crippen molar-refractivity contribution in [3.63, 3.8) is 0 Å². The number of aromatic amines is 1. The van der Waals surface area contributed by atoms with Crippen LogP contribution in [0.3, 0.4) is 0 Å². The van der Waals surface area contributed by atoms with Crippen LogP contribution < -0.4 is 5.56 Å². The first-order valence-corrected chi connectivity index (χ1v) is 8.50. The molecule has 0 unspecified atom stereocenters. The summed E-state index contributed by atoms with van der Waals surface area (Å²) in [6.45, 7) is 6.86. The second kappa shape index (κ2) is 5.60. The Bertz CT molecular complexity index is 805. The molecular formula is C19H23N3O. The molecule has 1 aromatic heterocycles. The summed E-state index contributed by atoms with van der Waals surface area (Å²) in [5.41, 5.74) is 5.92. The Kier molecular flexibility index (Phi) is 3.57. The maximum absolute atomic E-state index is 12.4. The standard InChI is InChI=1S/C19H23N3O/c1-12-3-4-13(2)15(9-12)10-22-8-7-17-16(11-22)19(23)21-18(20-17)14-5-6-14/h3-4,9,14H,5-8,10-11H2,1-2H3,(H,20,21,23). The number of rotatable bonds is 3. The van der Waals surface area contributed by atoms with Crippen LogP contribution in [0, 0.1) is 13.8 Å². The Hall–Kier alpha value is -1.94. The van der Waals surface area contributed by atoms with E-state index in [-0.39, 0.29) is 5.56 Å². The van der Waals surface area contributed by atoms with Crippen molar-refractivity contribution in [2.45, 2.75) is 52.1 Å². The zero-order valence-electron chi connectivity index (χ0n) is 13.9. The van der Waals surface area contributed by atoms with Crippen LogP contribution in [0.5, 0.6) is 0 Å². The lowest BCUT2D eigenvalue weighted by molar-refractivity contribution is 0.241. The number of H-pyrrole nitrogens is 1. The molecule has 4 heteroatoms. The predicted molar refractivity (Wildman–Crippen MR) is 90.6 cm³/mol. The summed E-state index contributed by atoms with van der Waals surface area (Å²) >= 11 is 0. The average Bonchev–Trinajstić information content (AvgIpc) is 3.36. The number of hydrogen-bond donors (Lipinski definition) is 1. The minimum atomic E-state index is 0.0718. The van der Waals surface area contributed by atoms with Gasteiger partial charge in [0.1, 0.15) is 5.82 Å². The maximum Gasteiger partial charge on any atom is 0.255 e. The highest BCUT2D eigenvalue weighted by molar-refractivity contribution is 5.31. The van der Waals surface area contributed by atoms with Gasteiger partial charge in [0.2, 0.25) is 0 Å². The molecule has 120 valence electrons. The molecule has 1 N–H and O–H groups in total. The fraction of sp³-hybridized carbons (Fsp3) is 0.474. The minimum Gasteiger partial charge on any atom is -0.310 e. The number of aromatic nitrogens is 2. The molecular weight excluding hydrogens is 286 g/mol. The molecule has 1 aliphatic carbocycles. The van der Waals surface area contributed by atoms with E-state index in [0.717, 1.165) is 36.6 Å². The van der Waals surface area contributed by atoms with E-state index in [1.54, 1.807) is 0 Å². The van der Waals surface area contributed by atoms with Crippen LogP contribution in [0.1, 0.15) is 52.5 Å². The summed E-state index contributed by atoms with van der Waals surface area (Å²) in [6.07, 6.45) is 3.21. The number of hydrogen-bond acceptors (Lipinski definition) is 3. The lowest BCUT2D eigenvalue weighted by Gasteiger charge is -2.28. The van der Waals surface area contributed by atoms with Crippen LogP contribution in [0.2, 0.25) is 0 Å². The number of nitrogens with one attached hydrogen (secondary N) is 1. The number of nitrogens with zero attached hydrogens (tertiary/aromatic N) is 2. The van der Waals surface area contributed by atoms with Crippen LogP contribution >= 0.6 is 0 Å². The van der Waals surface area contributed by atoms with E-state index < -0.39 is 0 Å². The summed E-state index contributed by atoms with van der Waals surface area (Å²) in [7, 11) is 0. The number of aryl methyl sites for hydroxylation is 2. The van der Waals surface area contributed by atoms with Crippen LogP contribution in [-0.2, 0) is 19.5 Å². The van der Waals surface area contributed by atoms with Crippen molar-refractivity contribution in [3.05, 3.63) is 62.3 Å². The van der Waals surface area contributed by atoms with Gasteiger partial charge in [0.25, 0.3) is 5.56 Å². The summed E-state index contributed by atoms with van der Waals surface area (Å²) in [6, 6.07) is 6.58. The van der Waals surface area contributed by atoms with Gasteiger partial charge in [0.05, 0.1) is 11.3 Å². The molecule has 0 spiro atoms. The Morgan fingerprint density at radius 2 is 2.13 bits per heavy atom. The normalized spacial score (nSPS) is 18.0. The summed E-state index contributed by atoms with van der Waals surface area (Å²) in [4.78, 5) is 22.5. The molecule has 1 fully saturated rings.